The number of unbranched alkanes of at least 4 members (excludes halogenated alkanes) is 45. The number of carbonyl (C=O) groups excluding carboxylic acids is 4. The highest BCUT2D eigenvalue weighted by atomic mass is 31.2. The summed E-state index contributed by atoms with van der Waals surface area (Å²) in [4.78, 5) is 72.9. The highest BCUT2D eigenvalue weighted by molar-refractivity contribution is 7.47. The molecule has 0 bridgehead atoms. The predicted octanol–water partition coefficient (Wildman–Crippen LogP) is 23.1. The van der Waals surface area contributed by atoms with Crippen LogP contribution in [0.2, 0.25) is 0 Å². The van der Waals surface area contributed by atoms with Gasteiger partial charge in [-0.15, -0.1) is 0 Å². The maximum absolute atomic E-state index is 13.1. The van der Waals surface area contributed by atoms with Gasteiger partial charge in [-0.2, -0.15) is 0 Å². The molecule has 0 aromatic heterocycles. The van der Waals surface area contributed by atoms with Crippen LogP contribution in [-0.2, 0) is 65.4 Å². The zero-order valence-corrected chi connectivity index (χ0v) is 64.8. The summed E-state index contributed by atoms with van der Waals surface area (Å²) in [6.07, 6.45) is 68.3. The van der Waals surface area contributed by atoms with E-state index in [9.17, 15) is 43.2 Å². The fourth-order valence-electron chi connectivity index (χ4n) is 11.4. The van der Waals surface area contributed by atoms with Crippen LogP contribution in [0.15, 0.2) is 36.5 Å². The monoisotopic (exact) mass is 1430 g/mol. The van der Waals surface area contributed by atoms with Crippen LogP contribution in [0.5, 0.6) is 0 Å². The van der Waals surface area contributed by atoms with Gasteiger partial charge in [0, 0.05) is 25.7 Å². The van der Waals surface area contributed by atoms with Gasteiger partial charge in [0.05, 0.1) is 26.4 Å². The SMILES string of the molecule is CCCCCC/C=C\CCCCCCCCCC(=O)OC[C@H](COP(=O)(O)OC[C@@H](O)COP(=O)(O)OC[C@@H](COC(=O)CCCCCCC/C=C\CCCCCC)OC(=O)CCCCCCCCCCCCCCCCC)OC(=O)CCCCCCC/C=C\CCCCCCCC. The molecule has 0 rings (SSSR count). The van der Waals surface area contributed by atoms with Crippen LogP contribution >= 0.6 is 15.6 Å². The van der Waals surface area contributed by atoms with Gasteiger partial charge < -0.3 is 33.8 Å². The largest absolute Gasteiger partial charge is 0.472 e. The summed E-state index contributed by atoms with van der Waals surface area (Å²) in [6, 6.07) is 0. The average Bonchev–Trinajstić information content (AvgIpc) is 1.04. The average molecular weight is 1430 g/mol. The third-order valence-corrected chi connectivity index (χ3v) is 19.5. The van der Waals surface area contributed by atoms with Crippen LogP contribution in [0.4, 0.5) is 0 Å². The minimum Gasteiger partial charge on any atom is -0.462 e. The molecule has 0 heterocycles. The van der Waals surface area contributed by atoms with Crippen molar-refractivity contribution in [3.8, 4) is 0 Å². The quantitative estimate of drug-likeness (QED) is 0.0169. The maximum Gasteiger partial charge on any atom is 0.472 e. The van der Waals surface area contributed by atoms with Crippen LogP contribution in [0.25, 0.3) is 0 Å². The van der Waals surface area contributed by atoms with Crippen LogP contribution in [0.3, 0.4) is 0 Å². The number of hydrogen-bond acceptors (Lipinski definition) is 15. The topological polar surface area (TPSA) is 237 Å². The Morgan fingerprint density at radius 2 is 0.469 bits per heavy atom. The smallest absolute Gasteiger partial charge is 0.462 e. The first-order valence-electron chi connectivity index (χ1n) is 40.2. The van der Waals surface area contributed by atoms with Crippen LogP contribution in [0.1, 0.15) is 387 Å². The minimum atomic E-state index is -4.97. The van der Waals surface area contributed by atoms with Gasteiger partial charge in [-0.05, 0) is 103 Å². The lowest BCUT2D eigenvalue weighted by atomic mass is 10.0. The molecule has 0 saturated heterocycles. The number of aliphatic hydroxyl groups is 1. The highest BCUT2D eigenvalue weighted by Gasteiger charge is 2.30. The number of rotatable bonds is 77. The summed E-state index contributed by atoms with van der Waals surface area (Å²) in [5.74, 6) is -2.15. The lowest BCUT2D eigenvalue weighted by Gasteiger charge is -2.21. The van der Waals surface area contributed by atoms with Crippen molar-refractivity contribution < 1.29 is 80.2 Å². The van der Waals surface area contributed by atoms with Crippen molar-refractivity contribution in [2.45, 2.75) is 406 Å². The van der Waals surface area contributed by atoms with Crippen LogP contribution in [-0.4, -0.2) is 96.7 Å². The Balaban J connectivity index is 5.31. The molecule has 0 radical (unpaired) electrons. The summed E-state index contributed by atoms with van der Waals surface area (Å²) < 4.78 is 68.6. The Bertz CT molecular complexity index is 2000. The Morgan fingerprint density at radius 1 is 0.276 bits per heavy atom. The van der Waals surface area contributed by atoms with Gasteiger partial charge in [-0.3, -0.25) is 37.3 Å². The van der Waals surface area contributed by atoms with Crippen molar-refractivity contribution in [3.05, 3.63) is 36.5 Å². The van der Waals surface area contributed by atoms with Gasteiger partial charge in [-0.1, -0.05) is 295 Å². The molecule has 0 saturated carbocycles. The third kappa shape index (κ3) is 71.7. The molecule has 0 aromatic rings. The Labute approximate surface area is 598 Å². The number of phosphoric ester groups is 2. The van der Waals surface area contributed by atoms with E-state index in [-0.39, 0.29) is 25.7 Å². The second-order valence-electron chi connectivity index (χ2n) is 27.4. The molecule has 0 amide bonds. The second-order valence-corrected chi connectivity index (χ2v) is 30.3. The molecular weight excluding hydrogens is 1280 g/mol. The number of carbonyl (C=O) groups is 4. The third-order valence-electron chi connectivity index (χ3n) is 17.6. The molecule has 0 fully saturated rings. The van der Waals surface area contributed by atoms with Gasteiger partial charge in [0.2, 0.25) is 0 Å². The molecule has 0 aliphatic heterocycles. The maximum atomic E-state index is 13.1. The summed E-state index contributed by atoms with van der Waals surface area (Å²) in [6.45, 7) is 4.91. The summed E-state index contributed by atoms with van der Waals surface area (Å²) in [5.41, 5.74) is 0. The molecule has 0 spiro atoms. The minimum absolute atomic E-state index is 0.0907. The van der Waals surface area contributed by atoms with E-state index in [0.717, 1.165) is 141 Å². The van der Waals surface area contributed by atoms with Gasteiger partial charge >= 0.3 is 39.5 Å². The van der Waals surface area contributed by atoms with Crippen molar-refractivity contribution in [1.29, 1.82) is 0 Å². The van der Waals surface area contributed by atoms with E-state index in [1.807, 2.05) is 0 Å². The number of esters is 4. The van der Waals surface area contributed by atoms with E-state index in [1.54, 1.807) is 0 Å². The van der Waals surface area contributed by atoms with Gasteiger partial charge in [-0.25, -0.2) is 9.13 Å². The molecule has 19 heteroatoms. The molecule has 98 heavy (non-hydrogen) atoms. The summed E-state index contributed by atoms with van der Waals surface area (Å²) in [7, 11) is -9.93. The number of aliphatic hydroxyl groups excluding tert-OH is 1. The molecule has 0 aromatic carbocycles. The van der Waals surface area contributed by atoms with Crippen molar-refractivity contribution >= 4 is 39.5 Å². The molecule has 5 atom stereocenters. The highest BCUT2D eigenvalue weighted by Crippen LogP contribution is 2.45. The Morgan fingerprint density at radius 3 is 0.714 bits per heavy atom. The molecule has 0 aliphatic rings. The second kappa shape index (κ2) is 72.6. The molecule has 0 aliphatic carbocycles. The number of allylic oxidation sites excluding steroid dienone is 6. The van der Waals surface area contributed by atoms with E-state index in [2.05, 4.69) is 64.2 Å². The molecule has 3 N–H and O–H groups in total. The molecule has 17 nitrogen and oxygen atoms in total. The number of phosphoric acid groups is 2. The van der Waals surface area contributed by atoms with Crippen molar-refractivity contribution in [3.63, 3.8) is 0 Å². The Hall–Kier alpha value is -2.72. The lowest BCUT2D eigenvalue weighted by molar-refractivity contribution is -0.161. The fraction of sp³-hybridized carbons (Fsp3) is 0.873. The van der Waals surface area contributed by atoms with Crippen LogP contribution in [0, 0.1) is 0 Å². The van der Waals surface area contributed by atoms with Gasteiger partial charge in [0.1, 0.15) is 19.3 Å². The summed E-state index contributed by atoms with van der Waals surface area (Å²) in [5, 5.41) is 10.6. The van der Waals surface area contributed by atoms with Gasteiger partial charge in [0.15, 0.2) is 12.2 Å². The Kier molecular flexibility index (Phi) is 70.6. The zero-order chi connectivity index (χ0) is 71.8. The molecule has 2 unspecified atom stereocenters. The molecular formula is C79H148O17P2. The summed E-state index contributed by atoms with van der Waals surface area (Å²) >= 11 is 0. The van der Waals surface area contributed by atoms with Gasteiger partial charge in [0.25, 0.3) is 0 Å². The lowest BCUT2D eigenvalue weighted by Crippen LogP contribution is -2.30. The van der Waals surface area contributed by atoms with E-state index >= 15 is 0 Å². The predicted molar refractivity (Wildman–Crippen MR) is 400 cm³/mol. The van der Waals surface area contributed by atoms with E-state index in [1.165, 1.54) is 167 Å². The number of ether oxygens (including phenoxy) is 4. The van der Waals surface area contributed by atoms with Crippen molar-refractivity contribution in [1.82, 2.24) is 0 Å². The first-order chi connectivity index (χ1) is 47.7. The van der Waals surface area contributed by atoms with E-state index < -0.39 is 97.5 Å². The fourth-order valence-corrected chi connectivity index (χ4v) is 13.0. The first kappa shape index (κ1) is 95.3. The number of hydrogen-bond donors (Lipinski definition) is 3. The standard InChI is InChI=1S/C79H148O17P2/c1-5-9-13-17-21-25-29-33-36-40-44-48-52-56-60-64-77(82)90-70-75(96-79(84)66-62-58-54-50-46-42-38-35-31-27-23-19-15-11-7-3)72-94-98(87,88)92-68-73(80)67-91-97(85,86)93-71-74(69-89-76(81)63-59-55-51-47-43-39-32-28-24-20-16-12-8-4)95-78(83)65-61-57-53-49-45-41-37-34-30-26-22-18-14-10-6-2/h25,28-29,32,35,38,73-75,80H,5-24,26-27,30-31,33-34,36-37,39-72H2,1-4H3,(H,85,86)(H,87,88)/b29-25-,32-28-,38-35-/t73-,74+,75+/m0/s1. The molecule has 576 valence electrons. The normalized spacial score (nSPS) is 14.1. The van der Waals surface area contributed by atoms with Crippen LogP contribution < -0.4 is 0 Å². The van der Waals surface area contributed by atoms with Crippen molar-refractivity contribution in [2.75, 3.05) is 39.6 Å². The first-order valence-corrected chi connectivity index (χ1v) is 43.2. The van der Waals surface area contributed by atoms with E-state index in [0.29, 0.717) is 25.7 Å². The van der Waals surface area contributed by atoms with Crippen molar-refractivity contribution in [2.24, 2.45) is 0 Å². The zero-order valence-electron chi connectivity index (χ0n) is 63.0. The van der Waals surface area contributed by atoms with E-state index in [4.69, 9.17) is 37.0 Å².